The van der Waals surface area contributed by atoms with Crippen LogP contribution < -0.4 is 5.32 Å². The van der Waals surface area contributed by atoms with E-state index in [0.29, 0.717) is 5.56 Å². The van der Waals surface area contributed by atoms with Crippen LogP contribution >= 0.6 is 11.3 Å². The van der Waals surface area contributed by atoms with E-state index in [4.69, 9.17) is 0 Å². The molecule has 1 amide bonds. The minimum Gasteiger partial charge on any atom is -0.322 e. The van der Waals surface area contributed by atoms with E-state index in [-0.39, 0.29) is 5.91 Å². The lowest BCUT2D eigenvalue weighted by molar-refractivity contribution is 0.102. The number of carbonyl (C=O) groups is 1. The lowest BCUT2D eigenvalue weighted by Gasteiger charge is -2.10. The zero-order valence-corrected chi connectivity index (χ0v) is 16.5. The van der Waals surface area contributed by atoms with Gasteiger partial charge in [0, 0.05) is 23.0 Å². The first kappa shape index (κ1) is 17.5. The molecule has 0 unspecified atom stereocenters. The summed E-state index contributed by atoms with van der Waals surface area (Å²) in [5.41, 5.74) is 4.35. The first-order valence-electron chi connectivity index (χ1n) is 9.30. The summed E-state index contributed by atoms with van der Waals surface area (Å²) in [4.78, 5) is 22.7. The third kappa shape index (κ3) is 3.37. The summed E-state index contributed by atoms with van der Waals surface area (Å²) < 4.78 is 0. The fourth-order valence-corrected chi connectivity index (χ4v) is 4.26. The lowest BCUT2D eigenvalue weighted by Crippen LogP contribution is -2.12. The number of aryl methyl sites for hydroxylation is 1. The molecule has 0 radical (unpaired) electrons. The van der Waals surface area contributed by atoms with Gasteiger partial charge in [0.2, 0.25) is 0 Å². The Labute approximate surface area is 171 Å². The second kappa shape index (κ2) is 7.11. The number of nitrogens with one attached hydrogen (secondary N) is 1. The molecule has 2 heterocycles. The van der Waals surface area contributed by atoms with Crippen LogP contribution in [0.3, 0.4) is 0 Å². The number of rotatable bonds is 3. The minimum atomic E-state index is -0.115. The first-order valence-corrected chi connectivity index (χ1v) is 10.1. The molecule has 29 heavy (non-hydrogen) atoms. The predicted molar refractivity (Wildman–Crippen MR) is 119 cm³/mol. The maximum atomic E-state index is 12.8. The zero-order valence-electron chi connectivity index (χ0n) is 15.7. The average Bonchev–Trinajstić information content (AvgIpc) is 3.19. The lowest BCUT2D eigenvalue weighted by atomic mass is 10.1. The number of hydrogen-bond acceptors (Lipinski definition) is 4. The molecule has 0 saturated carbocycles. The van der Waals surface area contributed by atoms with Crippen molar-refractivity contribution in [1.29, 1.82) is 0 Å². The van der Waals surface area contributed by atoms with Gasteiger partial charge in [-0.2, -0.15) is 0 Å². The van der Waals surface area contributed by atoms with Gasteiger partial charge in [-0.05, 0) is 65.7 Å². The quantitative estimate of drug-likeness (QED) is 0.403. The molecule has 3 aromatic carbocycles. The van der Waals surface area contributed by atoms with Crippen LogP contribution in [-0.2, 0) is 0 Å². The molecule has 0 aliphatic rings. The molecule has 0 spiro atoms. The van der Waals surface area contributed by atoms with E-state index in [9.17, 15) is 4.79 Å². The molecule has 5 aromatic rings. The minimum absolute atomic E-state index is 0.115. The molecule has 0 fully saturated rings. The Hall–Kier alpha value is -3.57. The zero-order chi connectivity index (χ0) is 19.8. The predicted octanol–water partition coefficient (Wildman–Crippen LogP) is 6.07. The van der Waals surface area contributed by atoms with Crippen LogP contribution in [0, 0.1) is 6.92 Å². The third-order valence-electron chi connectivity index (χ3n) is 4.90. The number of pyridine rings is 1. The second-order valence-electron chi connectivity index (χ2n) is 6.89. The summed E-state index contributed by atoms with van der Waals surface area (Å²) in [6, 6.07) is 23.6. The molecule has 0 bridgehead atoms. The topological polar surface area (TPSA) is 54.9 Å². The van der Waals surface area contributed by atoms with E-state index < -0.39 is 0 Å². The van der Waals surface area contributed by atoms with Gasteiger partial charge in [-0.15, -0.1) is 0 Å². The van der Waals surface area contributed by atoms with E-state index in [1.54, 1.807) is 17.5 Å². The van der Waals surface area contributed by atoms with E-state index in [2.05, 4.69) is 15.3 Å². The van der Waals surface area contributed by atoms with E-state index in [0.717, 1.165) is 42.9 Å². The fraction of sp³-hybridized carbons (Fsp3) is 0.0417. The van der Waals surface area contributed by atoms with Crippen molar-refractivity contribution in [2.75, 3.05) is 5.32 Å². The molecule has 1 N–H and O–H groups in total. The molecule has 0 aliphatic heterocycles. The number of fused-ring (bicyclic) bond motifs is 2. The number of benzene rings is 3. The average molecular weight is 395 g/mol. The van der Waals surface area contributed by atoms with Gasteiger partial charge in [0.1, 0.15) is 15.4 Å². The maximum Gasteiger partial charge on any atom is 0.255 e. The van der Waals surface area contributed by atoms with Crippen LogP contribution in [0.25, 0.3) is 31.7 Å². The number of hydrogen-bond donors (Lipinski definition) is 1. The van der Waals surface area contributed by atoms with Crippen molar-refractivity contribution in [3.05, 3.63) is 90.1 Å². The molecule has 0 aliphatic carbocycles. The van der Waals surface area contributed by atoms with E-state index >= 15 is 0 Å². The second-order valence-corrected chi connectivity index (χ2v) is 7.87. The highest BCUT2D eigenvalue weighted by atomic mass is 32.1. The molecule has 0 saturated heterocycles. The molecule has 0 atom stereocenters. The molecule has 5 heteroatoms. The molecular formula is C24H17N3OS. The maximum absolute atomic E-state index is 12.8. The Morgan fingerprint density at radius 3 is 2.62 bits per heavy atom. The monoisotopic (exact) mass is 395 g/mol. The van der Waals surface area contributed by atoms with Crippen LogP contribution in [0.4, 0.5) is 5.69 Å². The van der Waals surface area contributed by atoms with Crippen molar-refractivity contribution >= 4 is 44.1 Å². The van der Waals surface area contributed by atoms with Crippen molar-refractivity contribution in [1.82, 2.24) is 9.97 Å². The Morgan fingerprint density at radius 1 is 0.931 bits per heavy atom. The molecule has 140 valence electrons. The van der Waals surface area contributed by atoms with Crippen molar-refractivity contribution in [3.8, 4) is 10.6 Å². The standard InChI is InChI=1S/C24H17N3OS/c1-15-13-19(23-27-21-7-4-12-25-24(21)29-23)10-11-20(15)26-22(28)18-9-8-16-5-2-3-6-17(16)14-18/h2-14H,1H3,(H,26,28). The SMILES string of the molecule is Cc1cc(-c2nc3cccnc3s2)ccc1NC(=O)c1ccc2ccccc2c1. The Balaban J connectivity index is 1.41. The van der Waals surface area contributed by atoms with Gasteiger partial charge in [0.05, 0.1) is 0 Å². The summed E-state index contributed by atoms with van der Waals surface area (Å²) >= 11 is 1.57. The molecule has 2 aromatic heterocycles. The van der Waals surface area contributed by atoms with Gasteiger partial charge in [0.25, 0.3) is 5.91 Å². The van der Waals surface area contributed by atoms with Gasteiger partial charge < -0.3 is 5.32 Å². The van der Waals surface area contributed by atoms with Gasteiger partial charge in [-0.3, -0.25) is 4.79 Å². The highest BCUT2D eigenvalue weighted by Gasteiger charge is 2.11. The number of aromatic nitrogens is 2. The molecule has 4 nitrogen and oxygen atoms in total. The smallest absolute Gasteiger partial charge is 0.255 e. The van der Waals surface area contributed by atoms with Crippen LogP contribution in [0.5, 0.6) is 0 Å². The summed E-state index contributed by atoms with van der Waals surface area (Å²) in [6.07, 6.45) is 1.78. The number of amides is 1. The van der Waals surface area contributed by atoms with Gasteiger partial charge in [-0.25, -0.2) is 9.97 Å². The van der Waals surface area contributed by atoms with Gasteiger partial charge in [-0.1, -0.05) is 41.7 Å². The van der Waals surface area contributed by atoms with Crippen molar-refractivity contribution in [2.45, 2.75) is 6.92 Å². The van der Waals surface area contributed by atoms with Gasteiger partial charge in [0.15, 0.2) is 0 Å². The Kier molecular flexibility index (Phi) is 4.30. The molecule has 5 rings (SSSR count). The van der Waals surface area contributed by atoms with Crippen molar-refractivity contribution in [2.24, 2.45) is 0 Å². The Morgan fingerprint density at radius 2 is 1.79 bits per heavy atom. The summed E-state index contributed by atoms with van der Waals surface area (Å²) in [5.74, 6) is -0.115. The highest BCUT2D eigenvalue weighted by Crippen LogP contribution is 2.31. The van der Waals surface area contributed by atoms with Crippen molar-refractivity contribution < 1.29 is 4.79 Å². The highest BCUT2D eigenvalue weighted by molar-refractivity contribution is 7.21. The normalized spacial score (nSPS) is 11.1. The van der Waals surface area contributed by atoms with Crippen LogP contribution in [0.15, 0.2) is 79.0 Å². The third-order valence-corrected chi connectivity index (χ3v) is 5.93. The first-order chi connectivity index (χ1) is 14.2. The van der Waals surface area contributed by atoms with Crippen LogP contribution in [0.2, 0.25) is 0 Å². The summed E-state index contributed by atoms with van der Waals surface area (Å²) in [7, 11) is 0. The van der Waals surface area contributed by atoms with Crippen LogP contribution in [0.1, 0.15) is 15.9 Å². The summed E-state index contributed by atoms with van der Waals surface area (Å²) in [6.45, 7) is 1.99. The van der Waals surface area contributed by atoms with Crippen molar-refractivity contribution in [3.63, 3.8) is 0 Å². The van der Waals surface area contributed by atoms with E-state index in [1.807, 2.05) is 79.7 Å². The summed E-state index contributed by atoms with van der Waals surface area (Å²) in [5, 5.41) is 6.13. The fourth-order valence-electron chi connectivity index (χ4n) is 3.36. The van der Waals surface area contributed by atoms with E-state index in [1.165, 1.54) is 0 Å². The largest absolute Gasteiger partial charge is 0.322 e. The number of nitrogens with zero attached hydrogens (tertiary/aromatic N) is 2. The molecular weight excluding hydrogens is 378 g/mol. The van der Waals surface area contributed by atoms with Gasteiger partial charge >= 0.3 is 0 Å². The Bertz CT molecular complexity index is 1340. The number of anilines is 1. The van der Waals surface area contributed by atoms with Crippen LogP contribution in [-0.4, -0.2) is 15.9 Å². The number of thiazole rings is 1. The number of carbonyl (C=O) groups excluding carboxylic acids is 1.